The van der Waals surface area contributed by atoms with E-state index in [1.165, 1.54) is 0 Å². The summed E-state index contributed by atoms with van der Waals surface area (Å²) in [6.07, 6.45) is 0. The van der Waals surface area contributed by atoms with Gasteiger partial charge in [-0.15, -0.1) is 0 Å². The molecule has 2 N–H and O–H groups in total. The molecule has 0 heterocycles. The van der Waals surface area contributed by atoms with Crippen LogP contribution in [0.1, 0.15) is 15.9 Å². The average molecular weight is 209 g/mol. The van der Waals surface area contributed by atoms with Gasteiger partial charge < -0.3 is 15.2 Å². The van der Waals surface area contributed by atoms with Gasteiger partial charge in [0, 0.05) is 12.1 Å². The van der Waals surface area contributed by atoms with Crippen molar-refractivity contribution in [3.8, 4) is 5.75 Å². The second kappa shape index (κ2) is 5.36. The SMILES string of the molecule is COc1ccc(C(=O)NCCO)c(C)c1. The molecular formula is C11H15NO3. The third kappa shape index (κ3) is 2.95. The Morgan fingerprint density at radius 1 is 1.53 bits per heavy atom. The third-order valence-corrected chi connectivity index (χ3v) is 2.08. The van der Waals surface area contributed by atoms with Crippen molar-refractivity contribution in [2.24, 2.45) is 0 Å². The van der Waals surface area contributed by atoms with Gasteiger partial charge in [0.2, 0.25) is 0 Å². The lowest BCUT2D eigenvalue weighted by atomic mass is 10.1. The van der Waals surface area contributed by atoms with Crippen molar-refractivity contribution in [2.45, 2.75) is 6.92 Å². The summed E-state index contributed by atoms with van der Waals surface area (Å²) in [5.74, 6) is 0.551. The summed E-state index contributed by atoms with van der Waals surface area (Å²) < 4.78 is 5.04. The first-order valence-corrected chi connectivity index (χ1v) is 4.72. The van der Waals surface area contributed by atoms with E-state index >= 15 is 0 Å². The van der Waals surface area contributed by atoms with E-state index in [1.54, 1.807) is 25.3 Å². The molecule has 0 fully saturated rings. The molecule has 0 saturated heterocycles. The Balaban J connectivity index is 2.81. The highest BCUT2D eigenvalue weighted by molar-refractivity contribution is 5.95. The predicted molar refractivity (Wildman–Crippen MR) is 57.2 cm³/mol. The highest BCUT2D eigenvalue weighted by atomic mass is 16.5. The van der Waals surface area contributed by atoms with E-state index in [4.69, 9.17) is 9.84 Å². The Morgan fingerprint density at radius 3 is 2.80 bits per heavy atom. The van der Waals surface area contributed by atoms with E-state index < -0.39 is 0 Å². The first kappa shape index (κ1) is 11.5. The fourth-order valence-electron chi connectivity index (χ4n) is 1.28. The molecule has 15 heavy (non-hydrogen) atoms. The second-order valence-corrected chi connectivity index (χ2v) is 3.16. The summed E-state index contributed by atoms with van der Waals surface area (Å²) in [5.41, 5.74) is 1.45. The van der Waals surface area contributed by atoms with Crippen LogP contribution in [0.3, 0.4) is 0 Å². The Kier molecular flexibility index (Phi) is 4.12. The normalized spacial score (nSPS) is 9.80. The van der Waals surface area contributed by atoms with E-state index in [0.29, 0.717) is 5.56 Å². The summed E-state index contributed by atoms with van der Waals surface area (Å²) in [5, 5.41) is 11.2. The van der Waals surface area contributed by atoms with Gasteiger partial charge in [0.1, 0.15) is 5.75 Å². The van der Waals surface area contributed by atoms with Crippen molar-refractivity contribution >= 4 is 5.91 Å². The number of carbonyl (C=O) groups is 1. The number of aliphatic hydroxyl groups excluding tert-OH is 1. The number of ether oxygens (including phenoxy) is 1. The smallest absolute Gasteiger partial charge is 0.251 e. The molecule has 0 aliphatic carbocycles. The zero-order valence-corrected chi connectivity index (χ0v) is 8.91. The van der Waals surface area contributed by atoms with Crippen LogP contribution in [0.25, 0.3) is 0 Å². The standard InChI is InChI=1S/C11H15NO3/c1-8-7-9(15-2)3-4-10(8)11(14)12-5-6-13/h3-4,7,13H,5-6H2,1-2H3,(H,12,14). The molecule has 0 saturated carbocycles. The van der Waals surface area contributed by atoms with Crippen LogP contribution in [-0.2, 0) is 0 Å². The van der Waals surface area contributed by atoms with Crippen LogP contribution in [0, 0.1) is 6.92 Å². The van der Waals surface area contributed by atoms with Crippen molar-refractivity contribution in [2.75, 3.05) is 20.3 Å². The Bertz CT molecular complexity index is 350. The van der Waals surface area contributed by atoms with Crippen molar-refractivity contribution in [3.63, 3.8) is 0 Å². The lowest BCUT2D eigenvalue weighted by molar-refractivity contribution is 0.0944. The first-order chi connectivity index (χ1) is 7.19. The number of amides is 1. The molecular weight excluding hydrogens is 194 g/mol. The molecule has 0 aliphatic heterocycles. The molecule has 4 heteroatoms. The number of hydrogen-bond acceptors (Lipinski definition) is 3. The molecule has 0 radical (unpaired) electrons. The monoisotopic (exact) mass is 209 g/mol. The van der Waals surface area contributed by atoms with Crippen LogP contribution in [0.15, 0.2) is 18.2 Å². The molecule has 1 aromatic rings. The molecule has 0 spiro atoms. The molecule has 0 aromatic heterocycles. The van der Waals surface area contributed by atoms with E-state index in [9.17, 15) is 4.79 Å². The van der Waals surface area contributed by atoms with Gasteiger partial charge in [0.15, 0.2) is 0 Å². The number of nitrogens with one attached hydrogen (secondary N) is 1. The van der Waals surface area contributed by atoms with Crippen molar-refractivity contribution < 1.29 is 14.6 Å². The van der Waals surface area contributed by atoms with Crippen molar-refractivity contribution in [3.05, 3.63) is 29.3 Å². The van der Waals surface area contributed by atoms with Gasteiger partial charge in [0.05, 0.1) is 13.7 Å². The van der Waals surface area contributed by atoms with Crippen LogP contribution in [-0.4, -0.2) is 31.3 Å². The predicted octanol–water partition coefficient (Wildman–Crippen LogP) is 0.726. The van der Waals surface area contributed by atoms with Gasteiger partial charge in [-0.3, -0.25) is 4.79 Å². The van der Waals surface area contributed by atoms with Gasteiger partial charge in [-0.2, -0.15) is 0 Å². The summed E-state index contributed by atoms with van der Waals surface area (Å²) in [6.45, 7) is 2.06. The topological polar surface area (TPSA) is 58.6 Å². The number of hydrogen-bond donors (Lipinski definition) is 2. The van der Waals surface area contributed by atoms with Crippen molar-refractivity contribution in [1.29, 1.82) is 0 Å². The van der Waals surface area contributed by atoms with Crippen molar-refractivity contribution in [1.82, 2.24) is 5.32 Å². The van der Waals surface area contributed by atoms with Crippen LogP contribution < -0.4 is 10.1 Å². The molecule has 1 rings (SSSR count). The fourth-order valence-corrected chi connectivity index (χ4v) is 1.28. The molecule has 0 aliphatic rings. The Labute approximate surface area is 88.9 Å². The van der Waals surface area contributed by atoms with Crippen LogP contribution in [0.5, 0.6) is 5.75 Å². The molecule has 1 amide bonds. The van der Waals surface area contributed by atoms with E-state index in [0.717, 1.165) is 11.3 Å². The van der Waals surface area contributed by atoms with Gasteiger partial charge >= 0.3 is 0 Å². The highest BCUT2D eigenvalue weighted by Gasteiger charge is 2.08. The molecule has 0 atom stereocenters. The van der Waals surface area contributed by atoms with E-state index in [1.807, 2.05) is 6.92 Å². The Morgan fingerprint density at radius 2 is 2.27 bits per heavy atom. The lowest BCUT2D eigenvalue weighted by Crippen LogP contribution is -2.26. The largest absolute Gasteiger partial charge is 0.497 e. The van der Waals surface area contributed by atoms with Gasteiger partial charge in [-0.1, -0.05) is 0 Å². The molecule has 82 valence electrons. The van der Waals surface area contributed by atoms with Gasteiger partial charge in [-0.25, -0.2) is 0 Å². The molecule has 0 unspecified atom stereocenters. The highest BCUT2D eigenvalue weighted by Crippen LogP contribution is 2.16. The van der Waals surface area contributed by atoms with Crippen LogP contribution in [0.2, 0.25) is 0 Å². The fraction of sp³-hybridized carbons (Fsp3) is 0.364. The quantitative estimate of drug-likeness (QED) is 0.768. The average Bonchev–Trinajstić information content (AvgIpc) is 2.25. The minimum atomic E-state index is -0.177. The number of methoxy groups -OCH3 is 1. The van der Waals surface area contributed by atoms with Crippen LogP contribution >= 0.6 is 0 Å². The molecule has 4 nitrogen and oxygen atoms in total. The lowest BCUT2D eigenvalue weighted by Gasteiger charge is -2.08. The summed E-state index contributed by atoms with van der Waals surface area (Å²) in [4.78, 5) is 11.6. The summed E-state index contributed by atoms with van der Waals surface area (Å²) in [6, 6.07) is 5.25. The first-order valence-electron chi connectivity index (χ1n) is 4.72. The number of aryl methyl sites for hydroxylation is 1. The van der Waals surface area contributed by atoms with E-state index in [-0.39, 0.29) is 19.1 Å². The number of aliphatic hydroxyl groups is 1. The Hall–Kier alpha value is -1.55. The maximum Gasteiger partial charge on any atom is 0.251 e. The zero-order chi connectivity index (χ0) is 11.3. The second-order valence-electron chi connectivity index (χ2n) is 3.16. The molecule has 1 aromatic carbocycles. The van der Waals surface area contributed by atoms with E-state index in [2.05, 4.69) is 5.32 Å². The molecule has 0 bridgehead atoms. The number of rotatable bonds is 4. The zero-order valence-electron chi connectivity index (χ0n) is 8.91. The number of carbonyl (C=O) groups excluding carboxylic acids is 1. The van der Waals surface area contributed by atoms with Crippen LogP contribution in [0.4, 0.5) is 0 Å². The van der Waals surface area contributed by atoms with Gasteiger partial charge in [-0.05, 0) is 30.7 Å². The maximum absolute atomic E-state index is 11.6. The third-order valence-electron chi connectivity index (χ3n) is 2.08. The maximum atomic E-state index is 11.6. The summed E-state index contributed by atoms with van der Waals surface area (Å²) in [7, 11) is 1.58. The number of benzene rings is 1. The minimum absolute atomic E-state index is 0.0546. The minimum Gasteiger partial charge on any atom is -0.497 e. The van der Waals surface area contributed by atoms with Gasteiger partial charge in [0.25, 0.3) is 5.91 Å². The summed E-state index contributed by atoms with van der Waals surface area (Å²) >= 11 is 0.